The van der Waals surface area contributed by atoms with Gasteiger partial charge in [-0.05, 0) is 31.9 Å². The van der Waals surface area contributed by atoms with Crippen molar-refractivity contribution in [1.29, 1.82) is 0 Å². The molecule has 0 spiro atoms. The van der Waals surface area contributed by atoms with Gasteiger partial charge in [-0.3, -0.25) is 4.79 Å². The van der Waals surface area contributed by atoms with Gasteiger partial charge in [0.05, 0.1) is 5.02 Å². The SMILES string of the molecule is CN(C(=O)c1cc(Cl)cn1C1CC1)C1CCNC1. The van der Waals surface area contributed by atoms with Crippen molar-refractivity contribution in [2.75, 3.05) is 20.1 Å². The zero-order valence-electron chi connectivity index (χ0n) is 10.5. The molecule has 0 radical (unpaired) electrons. The summed E-state index contributed by atoms with van der Waals surface area (Å²) in [6.45, 7) is 1.88. The molecule has 0 bridgehead atoms. The summed E-state index contributed by atoms with van der Waals surface area (Å²) in [6.07, 6.45) is 5.22. The number of likely N-dealkylation sites (N-methyl/N-ethyl adjacent to an activating group) is 1. The molecule has 1 saturated carbocycles. The van der Waals surface area contributed by atoms with Crippen molar-refractivity contribution in [2.45, 2.75) is 31.3 Å². The molecule has 5 heteroatoms. The fourth-order valence-corrected chi connectivity index (χ4v) is 2.80. The average molecular weight is 268 g/mol. The fraction of sp³-hybridized carbons (Fsp3) is 0.615. The van der Waals surface area contributed by atoms with Crippen LogP contribution in [0, 0.1) is 0 Å². The molecular formula is C13H18ClN3O. The van der Waals surface area contributed by atoms with Gasteiger partial charge in [0.2, 0.25) is 0 Å². The molecule has 1 unspecified atom stereocenters. The van der Waals surface area contributed by atoms with Crippen LogP contribution in [0.3, 0.4) is 0 Å². The number of carbonyl (C=O) groups excluding carboxylic acids is 1. The van der Waals surface area contributed by atoms with Gasteiger partial charge in [-0.25, -0.2) is 0 Å². The first kappa shape index (κ1) is 12.1. The minimum atomic E-state index is 0.0856. The first-order valence-electron chi connectivity index (χ1n) is 6.52. The van der Waals surface area contributed by atoms with Gasteiger partial charge in [0, 0.05) is 31.9 Å². The van der Waals surface area contributed by atoms with Crippen LogP contribution in [-0.4, -0.2) is 41.6 Å². The molecule has 2 aliphatic rings. The molecule has 18 heavy (non-hydrogen) atoms. The number of nitrogens with one attached hydrogen (secondary N) is 1. The monoisotopic (exact) mass is 267 g/mol. The lowest BCUT2D eigenvalue weighted by Gasteiger charge is -2.24. The van der Waals surface area contributed by atoms with E-state index in [9.17, 15) is 4.79 Å². The minimum Gasteiger partial charge on any atom is -0.339 e. The van der Waals surface area contributed by atoms with E-state index < -0.39 is 0 Å². The van der Waals surface area contributed by atoms with Crippen molar-refractivity contribution in [3.8, 4) is 0 Å². The van der Waals surface area contributed by atoms with E-state index in [1.165, 1.54) is 0 Å². The topological polar surface area (TPSA) is 37.3 Å². The largest absolute Gasteiger partial charge is 0.339 e. The highest BCUT2D eigenvalue weighted by atomic mass is 35.5. The molecule has 1 atom stereocenters. The van der Waals surface area contributed by atoms with Crippen molar-refractivity contribution < 1.29 is 4.79 Å². The summed E-state index contributed by atoms with van der Waals surface area (Å²) in [5.41, 5.74) is 0.733. The van der Waals surface area contributed by atoms with E-state index in [0.717, 1.165) is 38.0 Å². The second-order valence-electron chi connectivity index (χ2n) is 5.24. The molecule has 0 aromatic carbocycles. The second kappa shape index (κ2) is 4.59. The van der Waals surface area contributed by atoms with Crippen LogP contribution in [0.5, 0.6) is 0 Å². The Hall–Kier alpha value is -1.00. The van der Waals surface area contributed by atoms with Crippen LogP contribution in [0.4, 0.5) is 0 Å². The van der Waals surface area contributed by atoms with Crippen LogP contribution in [0.1, 0.15) is 35.8 Å². The molecule has 1 aromatic rings. The highest BCUT2D eigenvalue weighted by Crippen LogP contribution is 2.37. The molecule has 3 rings (SSSR count). The van der Waals surface area contributed by atoms with Crippen molar-refractivity contribution in [1.82, 2.24) is 14.8 Å². The molecule has 2 fully saturated rings. The Balaban J connectivity index is 1.82. The summed E-state index contributed by atoms with van der Waals surface area (Å²) in [5, 5.41) is 3.94. The van der Waals surface area contributed by atoms with Gasteiger partial charge in [-0.15, -0.1) is 0 Å². The number of halogens is 1. The Bertz CT molecular complexity index is 461. The van der Waals surface area contributed by atoms with Crippen molar-refractivity contribution in [3.05, 3.63) is 23.0 Å². The lowest BCUT2D eigenvalue weighted by Crippen LogP contribution is -2.39. The number of rotatable bonds is 3. The third kappa shape index (κ3) is 2.15. The zero-order chi connectivity index (χ0) is 12.7. The summed E-state index contributed by atoms with van der Waals surface area (Å²) in [7, 11) is 1.89. The normalized spacial score (nSPS) is 23.3. The molecule has 1 aromatic heterocycles. The average Bonchev–Trinajstić information content (AvgIpc) is 2.91. The molecule has 1 aliphatic carbocycles. The van der Waals surface area contributed by atoms with Gasteiger partial charge >= 0.3 is 0 Å². The van der Waals surface area contributed by atoms with Gasteiger partial charge < -0.3 is 14.8 Å². The Morgan fingerprint density at radius 1 is 1.50 bits per heavy atom. The van der Waals surface area contributed by atoms with Crippen molar-refractivity contribution >= 4 is 17.5 Å². The van der Waals surface area contributed by atoms with E-state index in [2.05, 4.69) is 5.32 Å². The molecule has 4 nitrogen and oxygen atoms in total. The fourth-order valence-electron chi connectivity index (χ4n) is 2.59. The number of aromatic nitrogens is 1. The van der Waals surface area contributed by atoms with E-state index in [0.29, 0.717) is 17.1 Å². The van der Waals surface area contributed by atoms with Gasteiger partial charge in [-0.2, -0.15) is 0 Å². The van der Waals surface area contributed by atoms with Crippen LogP contribution in [0.15, 0.2) is 12.3 Å². The highest BCUT2D eigenvalue weighted by molar-refractivity contribution is 6.31. The molecule has 2 heterocycles. The van der Waals surface area contributed by atoms with E-state index in [1.807, 2.05) is 22.7 Å². The molecular weight excluding hydrogens is 250 g/mol. The summed E-state index contributed by atoms with van der Waals surface area (Å²) in [4.78, 5) is 14.4. The summed E-state index contributed by atoms with van der Waals surface area (Å²) < 4.78 is 2.05. The number of nitrogens with zero attached hydrogens (tertiary/aromatic N) is 2. The first-order valence-corrected chi connectivity index (χ1v) is 6.90. The maximum Gasteiger partial charge on any atom is 0.270 e. The zero-order valence-corrected chi connectivity index (χ0v) is 11.3. The van der Waals surface area contributed by atoms with Crippen LogP contribution < -0.4 is 5.32 Å². The smallest absolute Gasteiger partial charge is 0.270 e. The quantitative estimate of drug-likeness (QED) is 0.908. The van der Waals surface area contributed by atoms with Gasteiger partial charge in [0.15, 0.2) is 0 Å². The Labute approximate surface area is 112 Å². The van der Waals surface area contributed by atoms with Crippen LogP contribution in [-0.2, 0) is 0 Å². The van der Waals surface area contributed by atoms with Gasteiger partial charge in [0.25, 0.3) is 5.91 Å². The first-order chi connectivity index (χ1) is 8.66. The van der Waals surface area contributed by atoms with Gasteiger partial charge in [0.1, 0.15) is 5.69 Å². The van der Waals surface area contributed by atoms with E-state index in [4.69, 9.17) is 11.6 Å². The summed E-state index contributed by atoms with van der Waals surface area (Å²) >= 11 is 6.04. The maximum absolute atomic E-state index is 12.5. The second-order valence-corrected chi connectivity index (χ2v) is 5.68. The summed E-state index contributed by atoms with van der Waals surface area (Å²) in [5.74, 6) is 0.0856. The van der Waals surface area contributed by atoms with E-state index in [-0.39, 0.29) is 5.91 Å². The third-order valence-corrected chi connectivity index (χ3v) is 4.08. The summed E-state index contributed by atoms with van der Waals surface area (Å²) in [6, 6.07) is 2.58. The number of hydrogen-bond donors (Lipinski definition) is 1. The molecule has 1 amide bonds. The lowest BCUT2D eigenvalue weighted by molar-refractivity contribution is 0.0732. The van der Waals surface area contributed by atoms with Crippen molar-refractivity contribution in [3.63, 3.8) is 0 Å². The predicted octanol–water partition coefficient (Wildman–Crippen LogP) is 1.91. The minimum absolute atomic E-state index is 0.0856. The Kier molecular flexibility index (Phi) is 3.08. The Morgan fingerprint density at radius 3 is 2.89 bits per heavy atom. The van der Waals surface area contributed by atoms with Crippen molar-refractivity contribution in [2.24, 2.45) is 0 Å². The maximum atomic E-state index is 12.5. The van der Waals surface area contributed by atoms with E-state index in [1.54, 1.807) is 6.07 Å². The predicted molar refractivity (Wildman–Crippen MR) is 71.1 cm³/mol. The van der Waals surface area contributed by atoms with Crippen LogP contribution in [0.25, 0.3) is 0 Å². The third-order valence-electron chi connectivity index (χ3n) is 3.88. The standard InChI is InChI=1S/C13H18ClN3O/c1-16(11-4-5-15-7-11)13(18)12-6-9(14)8-17(12)10-2-3-10/h6,8,10-11,15H,2-5,7H2,1H3. The van der Waals surface area contributed by atoms with Crippen LogP contribution in [0.2, 0.25) is 5.02 Å². The molecule has 1 saturated heterocycles. The van der Waals surface area contributed by atoms with Gasteiger partial charge in [-0.1, -0.05) is 11.6 Å². The van der Waals surface area contributed by atoms with E-state index >= 15 is 0 Å². The lowest BCUT2D eigenvalue weighted by atomic mass is 10.2. The number of carbonyl (C=O) groups is 1. The number of hydrogen-bond acceptors (Lipinski definition) is 2. The molecule has 98 valence electrons. The molecule has 1 aliphatic heterocycles. The Morgan fingerprint density at radius 2 is 2.28 bits per heavy atom. The number of amides is 1. The molecule has 1 N–H and O–H groups in total. The highest BCUT2D eigenvalue weighted by Gasteiger charge is 2.31. The van der Waals surface area contributed by atoms with Crippen LogP contribution >= 0.6 is 11.6 Å².